The Kier molecular flexibility index (Phi) is 5.18. The summed E-state index contributed by atoms with van der Waals surface area (Å²) in [6.45, 7) is -0.200. The highest BCUT2D eigenvalue weighted by Crippen LogP contribution is 2.22. The van der Waals surface area contributed by atoms with Crippen molar-refractivity contribution in [2.75, 3.05) is 0 Å². The minimum absolute atomic E-state index is 0.0970. The van der Waals surface area contributed by atoms with Crippen molar-refractivity contribution in [3.63, 3.8) is 0 Å². The van der Waals surface area contributed by atoms with Gasteiger partial charge in [0.25, 0.3) is 0 Å². The molecule has 1 aromatic heterocycles. The van der Waals surface area contributed by atoms with Crippen LogP contribution < -0.4 is 16.0 Å². The van der Waals surface area contributed by atoms with Gasteiger partial charge in [-0.15, -0.1) is 0 Å². The molecule has 0 bridgehead atoms. The minimum Gasteiger partial charge on any atom is -0.435 e. The standard InChI is InChI=1S/C13H17F2N5O/c1-2-20-12(17-8-18-20)7-11(19-16)9-4-3-5-10(6-9)21-13(14)15/h3-6,8,11,13,19H,2,7,16H2,1H3. The number of nitrogens with zero attached hydrogens (tertiary/aromatic N) is 3. The van der Waals surface area contributed by atoms with Crippen LogP contribution in [0.25, 0.3) is 0 Å². The van der Waals surface area contributed by atoms with Gasteiger partial charge in [0.15, 0.2) is 0 Å². The molecule has 6 nitrogen and oxygen atoms in total. The fourth-order valence-electron chi connectivity index (χ4n) is 2.07. The number of hydrogen-bond donors (Lipinski definition) is 2. The Hall–Kier alpha value is -2.06. The number of nitrogens with two attached hydrogens (primary N) is 1. The number of aromatic nitrogens is 3. The zero-order valence-electron chi connectivity index (χ0n) is 11.5. The summed E-state index contributed by atoms with van der Waals surface area (Å²) >= 11 is 0. The van der Waals surface area contributed by atoms with Gasteiger partial charge in [0.05, 0.1) is 6.04 Å². The fraction of sp³-hybridized carbons (Fsp3) is 0.385. The highest BCUT2D eigenvalue weighted by atomic mass is 19.3. The molecule has 1 aromatic carbocycles. The van der Waals surface area contributed by atoms with Crippen LogP contribution in [-0.2, 0) is 13.0 Å². The Bertz CT molecular complexity index is 575. The molecule has 0 spiro atoms. The molecule has 0 saturated carbocycles. The van der Waals surface area contributed by atoms with Crippen molar-refractivity contribution >= 4 is 0 Å². The van der Waals surface area contributed by atoms with Crippen LogP contribution >= 0.6 is 0 Å². The summed E-state index contributed by atoms with van der Waals surface area (Å²) in [6.07, 6.45) is 1.96. The third-order valence-corrected chi connectivity index (χ3v) is 3.07. The zero-order chi connectivity index (χ0) is 15.2. The van der Waals surface area contributed by atoms with Crippen LogP contribution in [0.5, 0.6) is 5.75 Å². The second-order valence-electron chi connectivity index (χ2n) is 4.37. The van der Waals surface area contributed by atoms with Gasteiger partial charge in [-0.2, -0.15) is 13.9 Å². The van der Waals surface area contributed by atoms with Crippen LogP contribution in [0.2, 0.25) is 0 Å². The van der Waals surface area contributed by atoms with Crippen molar-refractivity contribution < 1.29 is 13.5 Å². The van der Waals surface area contributed by atoms with Gasteiger partial charge in [0, 0.05) is 13.0 Å². The van der Waals surface area contributed by atoms with Gasteiger partial charge in [-0.05, 0) is 24.6 Å². The predicted octanol–water partition coefficient (Wildman–Crippen LogP) is 1.65. The van der Waals surface area contributed by atoms with E-state index in [0.717, 1.165) is 11.4 Å². The monoisotopic (exact) mass is 297 g/mol. The minimum atomic E-state index is -2.85. The van der Waals surface area contributed by atoms with Crippen molar-refractivity contribution in [3.05, 3.63) is 42.0 Å². The molecule has 1 atom stereocenters. The van der Waals surface area contributed by atoms with E-state index in [9.17, 15) is 8.78 Å². The van der Waals surface area contributed by atoms with E-state index in [1.165, 1.54) is 18.5 Å². The summed E-state index contributed by atoms with van der Waals surface area (Å²) in [6, 6.07) is 6.15. The maximum absolute atomic E-state index is 12.3. The summed E-state index contributed by atoms with van der Waals surface area (Å²) < 4.78 is 30.7. The van der Waals surface area contributed by atoms with Crippen LogP contribution in [-0.4, -0.2) is 21.4 Å². The lowest BCUT2D eigenvalue weighted by Gasteiger charge is -2.17. The Balaban J connectivity index is 2.17. The fourth-order valence-corrected chi connectivity index (χ4v) is 2.07. The third kappa shape index (κ3) is 3.96. The molecule has 8 heteroatoms. The lowest BCUT2D eigenvalue weighted by Crippen LogP contribution is -2.30. The van der Waals surface area contributed by atoms with Crippen LogP contribution in [0.3, 0.4) is 0 Å². The molecule has 0 amide bonds. The molecule has 21 heavy (non-hydrogen) atoms. The first kappa shape index (κ1) is 15.3. The summed E-state index contributed by atoms with van der Waals surface area (Å²) in [4.78, 5) is 4.18. The van der Waals surface area contributed by atoms with Gasteiger partial charge in [-0.1, -0.05) is 12.1 Å². The van der Waals surface area contributed by atoms with Gasteiger partial charge in [0.1, 0.15) is 17.9 Å². The lowest BCUT2D eigenvalue weighted by molar-refractivity contribution is -0.0499. The summed E-state index contributed by atoms with van der Waals surface area (Å²) in [5, 5.41) is 4.09. The molecule has 1 unspecified atom stereocenters. The molecule has 0 saturated heterocycles. The first-order valence-corrected chi connectivity index (χ1v) is 6.51. The average Bonchev–Trinajstić information content (AvgIpc) is 2.91. The van der Waals surface area contributed by atoms with Crippen molar-refractivity contribution in [2.45, 2.75) is 32.5 Å². The number of benzene rings is 1. The van der Waals surface area contributed by atoms with Crippen molar-refractivity contribution in [1.82, 2.24) is 20.2 Å². The summed E-state index contributed by atoms with van der Waals surface area (Å²) in [7, 11) is 0. The zero-order valence-corrected chi connectivity index (χ0v) is 11.5. The van der Waals surface area contributed by atoms with E-state index >= 15 is 0 Å². The van der Waals surface area contributed by atoms with E-state index in [-0.39, 0.29) is 11.8 Å². The molecule has 0 radical (unpaired) electrons. The molecule has 0 aliphatic rings. The average molecular weight is 297 g/mol. The van der Waals surface area contributed by atoms with E-state index in [1.54, 1.807) is 16.8 Å². The summed E-state index contributed by atoms with van der Waals surface area (Å²) in [5.74, 6) is 6.43. The highest BCUT2D eigenvalue weighted by molar-refractivity contribution is 5.31. The molecular weight excluding hydrogens is 280 g/mol. The number of alkyl halides is 2. The van der Waals surface area contributed by atoms with Gasteiger partial charge in [-0.3, -0.25) is 16.0 Å². The van der Waals surface area contributed by atoms with E-state index in [0.29, 0.717) is 13.0 Å². The number of aryl methyl sites for hydroxylation is 1. The third-order valence-electron chi connectivity index (χ3n) is 3.07. The molecule has 2 aromatic rings. The van der Waals surface area contributed by atoms with E-state index in [4.69, 9.17) is 5.84 Å². The van der Waals surface area contributed by atoms with Crippen LogP contribution in [0.15, 0.2) is 30.6 Å². The number of hydrogen-bond acceptors (Lipinski definition) is 5. The Labute approximate surface area is 120 Å². The van der Waals surface area contributed by atoms with Gasteiger partial charge >= 0.3 is 6.61 Å². The largest absolute Gasteiger partial charge is 0.435 e. The highest BCUT2D eigenvalue weighted by Gasteiger charge is 2.15. The van der Waals surface area contributed by atoms with Crippen LogP contribution in [0.1, 0.15) is 24.4 Å². The number of hydrazine groups is 1. The topological polar surface area (TPSA) is 78.0 Å². The number of ether oxygens (including phenoxy) is 1. The SMILES string of the molecule is CCn1ncnc1CC(NN)c1cccc(OC(F)F)c1. The molecule has 114 valence electrons. The molecule has 2 rings (SSSR count). The Morgan fingerprint density at radius 2 is 2.24 bits per heavy atom. The van der Waals surface area contributed by atoms with Crippen LogP contribution in [0, 0.1) is 0 Å². The number of halogens is 2. The summed E-state index contributed by atoms with van der Waals surface area (Å²) in [5.41, 5.74) is 3.40. The number of nitrogens with one attached hydrogen (secondary N) is 1. The van der Waals surface area contributed by atoms with Crippen molar-refractivity contribution in [1.29, 1.82) is 0 Å². The Morgan fingerprint density at radius 3 is 2.90 bits per heavy atom. The first-order valence-electron chi connectivity index (χ1n) is 6.51. The van der Waals surface area contributed by atoms with E-state index in [2.05, 4.69) is 20.2 Å². The second-order valence-corrected chi connectivity index (χ2v) is 4.37. The molecular formula is C13H17F2N5O. The lowest BCUT2D eigenvalue weighted by atomic mass is 10.0. The van der Waals surface area contributed by atoms with Crippen LogP contribution in [0.4, 0.5) is 8.78 Å². The van der Waals surface area contributed by atoms with Gasteiger partial charge in [-0.25, -0.2) is 4.98 Å². The normalized spacial score (nSPS) is 12.6. The molecule has 1 heterocycles. The Morgan fingerprint density at radius 1 is 1.43 bits per heavy atom. The molecule has 0 aliphatic heterocycles. The van der Waals surface area contributed by atoms with Gasteiger partial charge < -0.3 is 4.74 Å². The van der Waals surface area contributed by atoms with Crippen molar-refractivity contribution in [3.8, 4) is 5.75 Å². The number of rotatable bonds is 7. The maximum atomic E-state index is 12.3. The molecule has 3 N–H and O–H groups in total. The molecule has 0 aliphatic carbocycles. The maximum Gasteiger partial charge on any atom is 0.387 e. The predicted molar refractivity (Wildman–Crippen MR) is 72.5 cm³/mol. The van der Waals surface area contributed by atoms with E-state index < -0.39 is 6.61 Å². The first-order chi connectivity index (χ1) is 10.1. The van der Waals surface area contributed by atoms with Gasteiger partial charge in [0.2, 0.25) is 0 Å². The quantitative estimate of drug-likeness (QED) is 0.600. The smallest absolute Gasteiger partial charge is 0.387 e. The molecule has 0 fully saturated rings. The van der Waals surface area contributed by atoms with Crippen molar-refractivity contribution in [2.24, 2.45) is 5.84 Å². The second kappa shape index (κ2) is 7.09. The van der Waals surface area contributed by atoms with E-state index in [1.807, 2.05) is 6.92 Å².